The molecule has 0 spiro atoms. The maximum atomic E-state index is 5.35. The van der Waals surface area contributed by atoms with Gasteiger partial charge in [0, 0.05) is 25.9 Å². The third-order valence-electron chi connectivity index (χ3n) is 2.49. The van der Waals surface area contributed by atoms with Gasteiger partial charge in [-0.25, -0.2) is 0 Å². The zero-order valence-corrected chi connectivity index (χ0v) is 14.5. The van der Waals surface area contributed by atoms with Crippen LogP contribution in [0.3, 0.4) is 0 Å². The Kier molecular flexibility index (Phi) is 4.92. The van der Waals surface area contributed by atoms with Gasteiger partial charge in [0.1, 0.15) is 5.76 Å². The molecule has 0 bridgehead atoms. The molecule has 2 nitrogen and oxygen atoms in total. The minimum atomic E-state index is 0.282. The standard InChI is InChI=1S/C13H12Br3NO/c1-8(5-10-3-2-4-18-10)17-13-11(15)6-9(14)7-12(13)16/h2-4,6-8,17H,5H2,1H3. The van der Waals surface area contributed by atoms with E-state index in [0.29, 0.717) is 0 Å². The van der Waals surface area contributed by atoms with Crippen LogP contribution in [0.1, 0.15) is 12.7 Å². The summed E-state index contributed by atoms with van der Waals surface area (Å²) in [6, 6.07) is 8.22. The number of hydrogen-bond acceptors (Lipinski definition) is 2. The van der Waals surface area contributed by atoms with Crippen molar-refractivity contribution in [2.24, 2.45) is 0 Å². The van der Waals surface area contributed by atoms with Crippen LogP contribution in [0.15, 0.2) is 48.4 Å². The van der Waals surface area contributed by atoms with Crippen LogP contribution in [-0.2, 0) is 6.42 Å². The van der Waals surface area contributed by atoms with Crippen molar-refractivity contribution in [1.82, 2.24) is 0 Å². The predicted molar refractivity (Wildman–Crippen MR) is 85.0 cm³/mol. The van der Waals surface area contributed by atoms with Crippen LogP contribution in [-0.4, -0.2) is 6.04 Å². The molecule has 1 aromatic heterocycles. The van der Waals surface area contributed by atoms with Crippen molar-refractivity contribution in [3.8, 4) is 0 Å². The summed E-state index contributed by atoms with van der Waals surface area (Å²) >= 11 is 10.6. The van der Waals surface area contributed by atoms with Gasteiger partial charge < -0.3 is 9.73 Å². The third kappa shape index (κ3) is 3.62. The second-order valence-electron chi connectivity index (χ2n) is 4.07. The van der Waals surface area contributed by atoms with E-state index >= 15 is 0 Å². The van der Waals surface area contributed by atoms with Crippen LogP contribution in [0.4, 0.5) is 5.69 Å². The Morgan fingerprint density at radius 2 is 1.89 bits per heavy atom. The van der Waals surface area contributed by atoms with Gasteiger partial charge in [-0.15, -0.1) is 0 Å². The zero-order chi connectivity index (χ0) is 13.1. The molecule has 0 fully saturated rings. The quantitative estimate of drug-likeness (QED) is 0.672. The van der Waals surface area contributed by atoms with Crippen molar-refractivity contribution in [2.75, 3.05) is 5.32 Å². The summed E-state index contributed by atoms with van der Waals surface area (Å²) < 4.78 is 8.43. The van der Waals surface area contributed by atoms with Crippen molar-refractivity contribution >= 4 is 53.5 Å². The number of benzene rings is 1. The van der Waals surface area contributed by atoms with Crippen molar-refractivity contribution in [3.05, 3.63) is 49.7 Å². The summed E-state index contributed by atoms with van der Waals surface area (Å²) in [7, 11) is 0. The Balaban J connectivity index is 2.09. The Morgan fingerprint density at radius 3 is 2.44 bits per heavy atom. The molecule has 96 valence electrons. The summed E-state index contributed by atoms with van der Waals surface area (Å²) in [5.74, 6) is 0.986. The fourth-order valence-corrected chi connectivity index (χ4v) is 4.20. The average Bonchev–Trinajstić information content (AvgIpc) is 2.76. The molecule has 2 rings (SSSR count). The lowest BCUT2D eigenvalue weighted by Crippen LogP contribution is -2.18. The number of nitrogens with one attached hydrogen (secondary N) is 1. The Bertz CT molecular complexity index is 502. The molecule has 0 saturated heterocycles. The summed E-state index contributed by atoms with van der Waals surface area (Å²) in [4.78, 5) is 0. The third-order valence-corrected chi connectivity index (χ3v) is 4.19. The number of hydrogen-bond donors (Lipinski definition) is 1. The zero-order valence-electron chi connectivity index (χ0n) is 9.71. The van der Waals surface area contributed by atoms with E-state index in [-0.39, 0.29) is 6.04 Å². The molecule has 0 radical (unpaired) electrons. The molecule has 1 heterocycles. The van der Waals surface area contributed by atoms with E-state index in [1.165, 1.54) is 0 Å². The van der Waals surface area contributed by atoms with E-state index in [1.54, 1.807) is 6.26 Å². The highest BCUT2D eigenvalue weighted by Gasteiger charge is 2.11. The number of halogens is 3. The predicted octanol–water partition coefficient (Wildman–Crippen LogP) is 5.61. The minimum Gasteiger partial charge on any atom is -0.469 e. The summed E-state index contributed by atoms with van der Waals surface area (Å²) in [5, 5.41) is 3.47. The highest BCUT2D eigenvalue weighted by Crippen LogP contribution is 2.34. The number of anilines is 1. The van der Waals surface area contributed by atoms with Gasteiger partial charge in [-0.3, -0.25) is 0 Å². The molecular formula is C13H12Br3NO. The van der Waals surface area contributed by atoms with Gasteiger partial charge in [-0.1, -0.05) is 15.9 Å². The van der Waals surface area contributed by atoms with Crippen molar-refractivity contribution in [3.63, 3.8) is 0 Å². The smallest absolute Gasteiger partial charge is 0.105 e. The van der Waals surface area contributed by atoms with E-state index in [0.717, 1.165) is 31.3 Å². The molecule has 1 N–H and O–H groups in total. The first kappa shape index (κ1) is 14.2. The molecule has 1 atom stereocenters. The molecule has 1 unspecified atom stereocenters. The van der Waals surface area contributed by atoms with Gasteiger partial charge >= 0.3 is 0 Å². The van der Waals surface area contributed by atoms with E-state index in [2.05, 4.69) is 60.0 Å². The molecule has 5 heteroatoms. The monoisotopic (exact) mass is 435 g/mol. The number of rotatable bonds is 4. The van der Waals surface area contributed by atoms with Crippen LogP contribution in [0.5, 0.6) is 0 Å². The normalized spacial score (nSPS) is 12.4. The lowest BCUT2D eigenvalue weighted by Gasteiger charge is -2.17. The highest BCUT2D eigenvalue weighted by molar-refractivity contribution is 9.11. The first-order valence-corrected chi connectivity index (χ1v) is 7.87. The van der Waals surface area contributed by atoms with Gasteiger partial charge in [-0.05, 0) is 63.0 Å². The molecule has 0 saturated carbocycles. The highest BCUT2D eigenvalue weighted by atomic mass is 79.9. The molecular weight excluding hydrogens is 426 g/mol. The Hall–Kier alpha value is -0.260. The Morgan fingerprint density at radius 1 is 1.22 bits per heavy atom. The number of furan rings is 1. The lowest BCUT2D eigenvalue weighted by molar-refractivity contribution is 0.497. The first-order valence-electron chi connectivity index (χ1n) is 5.49. The molecule has 18 heavy (non-hydrogen) atoms. The van der Waals surface area contributed by atoms with Gasteiger partial charge in [0.15, 0.2) is 0 Å². The van der Waals surface area contributed by atoms with Crippen LogP contribution < -0.4 is 5.32 Å². The van der Waals surface area contributed by atoms with Crippen LogP contribution in [0.2, 0.25) is 0 Å². The molecule has 0 amide bonds. The average molecular weight is 438 g/mol. The summed E-state index contributed by atoms with van der Waals surface area (Å²) in [6.45, 7) is 2.13. The summed E-state index contributed by atoms with van der Waals surface area (Å²) in [6.07, 6.45) is 2.55. The molecule has 0 aliphatic heterocycles. The van der Waals surface area contributed by atoms with Crippen molar-refractivity contribution in [1.29, 1.82) is 0 Å². The van der Waals surface area contributed by atoms with Crippen LogP contribution >= 0.6 is 47.8 Å². The molecule has 1 aromatic carbocycles. The van der Waals surface area contributed by atoms with Gasteiger partial charge in [0.25, 0.3) is 0 Å². The molecule has 0 aliphatic carbocycles. The van der Waals surface area contributed by atoms with Crippen LogP contribution in [0, 0.1) is 0 Å². The topological polar surface area (TPSA) is 25.2 Å². The van der Waals surface area contributed by atoms with Gasteiger partial charge in [-0.2, -0.15) is 0 Å². The van der Waals surface area contributed by atoms with Crippen molar-refractivity contribution < 1.29 is 4.42 Å². The molecule has 2 aromatic rings. The molecule has 0 aliphatic rings. The van der Waals surface area contributed by atoms with E-state index in [4.69, 9.17) is 4.42 Å². The van der Waals surface area contributed by atoms with E-state index in [1.807, 2.05) is 24.3 Å². The largest absolute Gasteiger partial charge is 0.469 e. The first-order chi connectivity index (χ1) is 8.56. The fraction of sp³-hybridized carbons (Fsp3) is 0.231. The van der Waals surface area contributed by atoms with Gasteiger partial charge in [0.2, 0.25) is 0 Å². The maximum Gasteiger partial charge on any atom is 0.105 e. The SMILES string of the molecule is CC(Cc1ccco1)Nc1c(Br)cc(Br)cc1Br. The van der Waals surface area contributed by atoms with E-state index < -0.39 is 0 Å². The van der Waals surface area contributed by atoms with Crippen molar-refractivity contribution in [2.45, 2.75) is 19.4 Å². The van der Waals surface area contributed by atoms with Crippen LogP contribution in [0.25, 0.3) is 0 Å². The van der Waals surface area contributed by atoms with Gasteiger partial charge in [0.05, 0.1) is 12.0 Å². The minimum absolute atomic E-state index is 0.282. The lowest BCUT2D eigenvalue weighted by atomic mass is 10.2. The maximum absolute atomic E-state index is 5.35. The second kappa shape index (κ2) is 6.26. The Labute approximate surface area is 132 Å². The summed E-state index contributed by atoms with van der Waals surface area (Å²) in [5.41, 5.74) is 1.05. The van der Waals surface area contributed by atoms with E-state index in [9.17, 15) is 0 Å². The fourth-order valence-electron chi connectivity index (χ4n) is 1.71. The second-order valence-corrected chi connectivity index (χ2v) is 6.70.